The van der Waals surface area contributed by atoms with Gasteiger partial charge in [-0.2, -0.15) is 0 Å². The number of ether oxygens (including phenoxy) is 1. The van der Waals surface area contributed by atoms with Gasteiger partial charge in [0, 0.05) is 19.6 Å². The zero-order valence-corrected chi connectivity index (χ0v) is 10.3. The first-order chi connectivity index (χ1) is 8.70. The van der Waals surface area contributed by atoms with E-state index >= 15 is 0 Å². The number of amides is 1. The van der Waals surface area contributed by atoms with Crippen molar-refractivity contribution in [3.05, 3.63) is 17.8 Å². The summed E-state index contributed by atoms with van der Waals surface area (Å²) in [4.78, 5) is 13.0. The van der Waals surface area contributed by atoms with Crippen LogP contribution in [0.4, 0.5) is 5.82 Å². The predicted molar refractivity (Wildman–Crippen MR) is 66.4 cm³/mol. The fourth-order valence-electron chi connectivity index (χ4n) is 1.90. The van der Waals surface area contributed by atoms with Crippen LogP contribution in [0.25, 0.3) is 0 Å². The summed E-state index contributed by atoms with van der Waals surface area (Å²) in [6.07, 6.45) is 0.140. The Kier molecular flexibility index (Phi) is 4.06. The van der Waals surface area contributed by atoms with Crippen molar-refractivity contribution in [1.29, 1.82) is 0 Å². The van der Waals surface area contributed by atoms with Gasteiger partial charge < -0.3 is 20.7 Å². The number of rotatable bonds is 4. The number of nitrogens with zero attached hydrogens (tertiary/aromatic N) is 3. The molecule has 1 atom stereocenters. The minimum atomic E-state index is -0.566. The Hall–Kier alpha value is -1.73. The summed E-state index contributed by atoms with van der Waals surface area (Å²) < 4.78 is 5.61. The smallest absolute Gasteiger partial charge is 0.269 e. The SMILES string of the molecule is CNCC1CN(c2ccc(C(N)=O)nn2)CCO1. The Bertz CT molecular complexity index is 406. The van der Waals surface area contributed by atoms with Crippen molar-refractivity contribution < 1.29 is 9.53 Å². The quantitative estimate of drug-likeness (QED) is 0.713. The van der Waals surface area contributed by atoms with E-state index in [2.05, 4.69) is 20.4 Å². The van der Waals surface area contributed by atoms with Crippen LogP contribution in [-0.2, 0) is 4.74 Å². The lowest BCUT2D eigenvalue weighted by Gasteiger charge is -2.33. The van der Waals surface area contributed by atoms with Gasteiger partial charge in [-0.15, -0.1) is 10.2 Å². The maximum Gasteiger partial charge on any atom is 0.269 e. The number of primary amides is 1. The van der Waals surface area contributed by atoms with Crippen molar-refractivity contribution in [3.8, 4) is 0 Å². The minimum Gasteiger partial charge on any atom is -0.373 e. The highest BCUT2D eigenvalue weighted by Crippen LogP contribution is 2.14. The number of hydrogen-bond donors (Lipinski definition) is 2. The van der Waals surface area contributed by atoms with Crippen molar-refractivity contribution in [2.45, 2.75) is 6.10 Å². The highest BCUT2D eigenvalue weighted by molar-refractivity contribution is 5.90. The molecule has 0 bridgehead atoms. The van der Waals surface area contributed by atoms with Crippen molar-refractivity contribution in [1.82, 2.24) is 15.5 Å². The molecule has 1 fully saturated rings. The molecular weight excluding hydrogens is 234 g/mol. The standard InChI is InChI=1S/C11H17N5O2/c1-13-6-8-7-16(4-5-18-8)10-3-2-9(11(12)17)14-15-10/h2-3,8,13H,4-7H2,1H3,(H2,12,17). The van der Waals surface area contributed by atoms with Crippen LogP contribution in [-0.4, -0.2) is 55.5 Å². The molecule has 18 heavy (non-hydrogen) atoms. The third-order valence-electron chi connectivity index (χ3n) is 2.80. The number of carbonyl (C=O) groups excluding carboxylic acids is 1. The Morgan fingerprint density at radius 1 is 1.61 bits per heavy atom. The Morgan fingerprint density at radius 3 is 3.06 bits per heavy atom. The summed E-state index contributed by atoms with van der Waals surface area (Å²) in [7, 11) is 1.89. The molecule has 0 radical (unpaired) electrons. The van der Waals surface area contributed by atoms with Gasteiger partial charge in [-0.1, -0.05) is 0 Å². The lowest BCUT2D eigenvalue weighted by Crippen LogP contribution is -2.46. The van der Waals surface area contributed by atoms with Gasteiger partial charge >= 0.3 is 0 Å². The van der Waals surface area contributed by atoms with Crippen LogP contribution in [0, 0.1) is 0 Å². The first-order valence-corrected chi connectivity index (χ1v) is 5.85. The molecule has 2 rings (SSSR count). The van der Waals surface area contributed by atoms with Crippen molar-refractivity contribution in [2.75, 3.05) is 38.2 Å². The topological polar surface area (TPSA) is 93.4 Å². The Morgan fingerprint density at radius 2 is 2.44 bits per heavy atom. The number of anilines is 1. The van der Waals surface area contributed by atoms with E-state index in [1.807, 2.05) is 7.05 Å². The Labute approximate surface area is 105 Å². The zero-order chi connectivity index (χ0) is 13.0. The van der Waals surface area contributed by atoms with Crippen LogP contribution in [0.1, 0.15) is 10.5 Å². The number of aromatic nitrogens is 2. The average molecular weight is 251 g/mol. The molecule has 1 amide bonds. The van der Waals surface area contributed by atoms with Gasteiger partial charge in [0.05, 0.1) is 12.7 Å². The summed E-state index contributed by atoms with van der Waals surface area (Å²) in [6.45, 7) is 2.98. The van der Waals surface area contributed by atoms with Crippen molar-refractivity contribution in [3.63, 3.8) is 0 Å². The van der Waals surface area contributed by atoms with Crippen LogP contribution in [0.3, 0.4) is 0 Å². The van der Waals surface area contributed by atoms with E-state index in [9.17, 15) is 4.79 Å². The monoisotopic (exact) mass is 251 g/mol. The molecule has 2 heterocycles. The fraction of sp³-hybridized carbons (Fsp3) is 0.545. The number of likely N-dealkylation sites (N-methyl/N-ethyl adjacent to an activating group) is 1. The van der Waals surface area contributed by atoms with Gasteiger partial charge in [0.1, 0.15) is 0 Å². The third-order valence-corrected chi connectivity index (χ3v) is 2.80. The van der Waals surface area contributed by atoms with Crippen molar-refractivity contribution in [2.24, 2.45) is 5.73 Å². The highest BCUT2D eigenvalue weighted by Gasteiger charge is 2.21. The molecule has 1 aromatic rings. The lowest BCUT2D eigenvalue weighted by molar-refractivity contribution is 0.0418. The predicted octanol–water partition coefficient (Wildman–Crippen LogP) is -1.000. The van der Waals surface area contributed by atoms with Crippen LogP contribution >= 0.6 is 0 Å². The molecule has 1 aliphatic heterocycles. The molecular formula is C11H17N5O2. The molecule has 7 heteroatoms. The molecule has 7 nitrogen and oxygen atoms in total. The second kappa shape index (κ2) is 5.74. The summed E-state index contributed by atoms with van der Waals surface area (Å²) >= 11 is 0. The first kappa shape index (κ1) is 12.7. The summed E-state index contributed by atoms with van der Waals surface area (Å²) in [6, 6.07) is 3.35. The summed E-state index contributed by atoms with van der Waals surface area (Å²) in [5, 5.41) is 10.9. The van der Waals surface area contributed by atoms with E-state index in [4.69, 9.17) is 10.5 Å². The van der Waals surface area contributed by atoms with Crippen molar-refractivity contribution >= 4 is 11.7 Å². The minimum absolute atomic E-state index is 0.140. The third kappa shape index (κ3) is 2.93. The average Bonchev–Trinajstić information content (AvgIpc) is 2.39. The van der Waals surface area contributed by atoms with Crippen LogP contribution in [0.5, 0.6) is 0 Å². The summed E-state index contributed by atoms with van der Waals surface area (Å²) in [5.41, 5.74) is 5.30. The largest absolute Gasteiger partial charge is 0.373 e. The second-order valence-electron chi connectivity index (χ2n) is 4.14. The maximum absolute atomic E-state index is 10.9. The van der Waals surface area contributed by atoms with Gasteiger partial charge in [-0.25, -0.2) is 0 Å². The van der Waals surface area contributed by atoms with E-state index in [1.165, 1.54) is 0 Å². The molecule has 0 aliphatic carbocycles. The normalized spacial score (nSPS) is 19.8. The molecule has 1 aliphatic rings. The number of hydrogen-bond acceptors (Lipinski definition) is 6. The lowest BCUT2D eigenvalue weighted by atomic mass is 10.2. The molecule has 1 saturated heterocycles. The van der Waals surface area contributed by atoms with E-state index in [0.29, 0.717) is 6.61 Å². The number of carbonyl (C=O) groups is 1. The molecule has 1 unspecified atom stereocenters. The van der Waals surface area contributed by atoms with Gasteiger partial charge in [0.15, 0.2) is 11.5 Å². The maximum atomic E-state index is 10.9. The van der Waals surface area contributed by atoms with E-state index < -0.39 is 5.91 Å². The molecule has 3 N–H and O–H groups in total. The second-order valence-corrected chi connectivity index (χ2v) is 4.14. The summed E-state index contributed by atoms with van der Waals surface area (Å²) in [5.74, 6) is 0.175. The van der Waals surface area contributed by atoms with Crippen LogP contribution in [0.15, 0.2) is 12.1 Å². The van der Waals surface area contributed by atoms with E-state index in [0.717, 1.165) is 25.5 Å². The highest BCUT2D eigenvalue weighted by atomic mass is 16.5. The van der Waals surface area contributed by atoms with Gasteiger partial charge in [-0.05, 0) is 19.2 Å². The van der Waals surface area contributed by atoms with E-state index in [1.54, 1.807) is 12.1 Å². The van der Waals surface area contributed by atoms with E-state index in [-0.39, 0.29) is 11.8 Å². The molecule has 0 aromatic carbocycles. The number of nitrogens with two attached hydrogens (primary N) is 1. The molecule has 98 valence electrons. The van der Waals surface area contributed by atoms with Gasteiger partial charge in [0.25, 0.3) is 5.91 Å². The number of morpholine rings is 1. The van der Waals surface area contributed by atoms with Gasteiger partial charge in [0.2, 0.25) is 0 Å². The van der Waals surface area contributed by atoms with Crippen LogP contribution < -0.4 is 16.0 Å². The fourth-order valence-corrected chi connectivity index (χ4v) is 1.90. The molecule has 0 spiro atoms. The number of nitrogens with one attached hydrogen (secondary N) is 1. The zero-order valence-electron chi connectivity index (χ0n) is 10.3. The van der Waals surface area contributed by atoms with Gasteiger partial charge in [-0.3, -0.25) is 4.79 Å². The Balaban J connectivity index is 2.04. The molecule has 0 saturated carbocycles. The van der Waals surface area contributed by atoms with Crippen LogP contribution in [0.2, 0.25) is 0 Å². The first-order valence-electron chi connectivity index (χ1n) is 5.85. The molecule has 1 aromatic heterocycles.